The van der Waals surface area contributed by atoms with Gasteiger partial charge in [-0.25, -0.2) is 9.18 Å². The number of halogens is 1. The second-order valence-corrected chi connectivity index (χ2v) is 5.36. The summed E-state index contributed by atoms with van der Waals surface area (Å²) in [4.78, 5) is 36.3. The number of rotatable bonds is 6. The van der Waals surface area contributed by atoms with Crippen molar-refractivity contribution in [3.63, 3.8) is 0 Å². The summed E-state index contributed by atoms with van der Waals surface area (Å²) in [5.74, 6) is -1.03. The fourth-order valence-corrected chi connectivity index (χ4v) is 1.86. The monoisotopic (exact) mass is 338 g/mol. The van der Waals surface area contributed by atoms with Gasteiger partial charge < -0.3 is 20.9 Å². The number of anilines is 2. The molecule has 0 aliphatic heterocycles. The molecule has 0 aromatic heterocycles. The zero-order chi connectivity index (χ0) is 18.3. The van der Waals surface area contributed by atoms with Gasteiger partial charge in [-0.1, -0.05) is 6.92 Å². The van der Waals surface area contributed by atoms with Crippen molar-refractivity contribution >= 4 is 29.2 Å². The molecule has 0 aliphatic carbocycles. The Labute approximate surface area is 140 Å². The summed E-state index contributed by atoms with van der Waals surface area (Å²) in [6, 6.07) is 3.00. The van der Waals surface area contributed by atoms with Crippen LogP contribution in [0, 0.1) is 5.82 Å². The molecule has 0 saturated carbocycles. The summed E-state index contributed by atoms with van der Waals surface area (Å²) in [5, 5.41) is 7.52. The van der Waals surface area contributed by atoms with Gasteiger partial charge in [0.2, 0.25) is 11.8 Å². The minimum Gasteiger partial charge on any atom is -0.359 e. The molecule has 0 bridgehead atoms. The second-order valence-electron chi connectivity index (χ2n) is 5.36. The first kappa shape index (κ1) is 19.4. The molecule has 8 heteroatoms. The minimum atomic E-state index is -0.620. The molecular formula is C16H23FN4O3. The number of amides is 4. The molecule has 7 nitrogen and oxygen atoms in total. The van der Waals surface area contributed by atoms with Crippen LogP contribution in [0.3, 0.4) is 0 Å². The lowest BCUT2D eigenvalue weighted by Gasteiger charge is -2.24. The topological polar surface area (TPSA) is 90.5 Å². The van der Waals surface area contributed by atoms with Gasteiger partial charge in [0.1, 0.15) is 5.82 Å². The second kappa shape index (κ2) is 8.85. The molecule has 1 rings (SSSR count). The lowest BCUT2D eigenvalue weighted by Crippen LogP contribution is -2.40. The van der Waals surface area contributed by atoms with Crippen molar-refractivity contribution in [1.82, 2.24) is 10.2 Å². The Morgan fingerprint density at radius 1 is 1.21 bits per heavy atom. The molecule has 0 fully saturated rings. The van der Waals surface area contributed by atoms with E-state index in [0.717, 1.165) is 6.07 Å². The lowest BCUT2D eigenvalue weighted by molar-refractivity contribution is -0.121. The fourth-order valence-electron chi connectivity index (χ4n) is 1.86. The van der Waals surface area contributed by atoms with Crippen molar-refractivity contribution in [2.45, 2.75) is 32.7 Å². The normalized spacial score (nSPS) is 11.4. The summed E-state index contributed by atoms with van der Waals surface area (Å²) in [7, 11) is 3.03. The predicted octanol–water partition coefficient (Wildman–Crippen LogP) is 2.16. The molecule has 4 amide bonds. The van der Waals surface area contributed by atoms with Crippen LogP contribution in [-0.2, 0) is 9.59 Å². The number of benzene rings is 1. The smallest absolute Gasteiger partial charge is 0.321 e. The first-order valence-electron chi connectivity index (χ1n) is 7.62. The number of carbonyl (C=O) groups excluding carboxylic acids is 3. The maximum Gasteiger partial charge on any atom is 0.321 e. The Kier molecular flexibility index (Phi) is 7.16. The molecule has 1 unspecified atom stereocenters. The lowest BCUT2D eigenvalue weighted by atomic mass is 10.2. The molecule has 0 radical (unpaired) electrons. The molecule has 1 aromatic rings. The van der Waals surface area contributed by atoms with Crippen LogP contribution in [0.2, 0.25) is 0 Å². The van der Waals surface area contributed by atoms with Crippen LogP contribution >= 0.6 is 0 Å². The first-order chi connectivity index (χ1) is 11.3. The van der Waals surface area contributed by atoms with Crippen LogP contribution in [0.4, 0.5) is 20.6 Å². The van der Waals surface area contributed by atoms with E-state index in [-0.39, 0.29) is 30.0 Å². The molecular weight excluding hydrogens is 315 g/mol. The largest absolute Gasteiger partial charge is 0.359 e. The third-order valence-electron chi connectivity index (χ3n) is 3.55. The number of carbonyl (C=O) groups is 3. The first-order valence-corrected chi connectivity index (χ1v) is 7.62. The fraction of sp³-hybridized carbons (Fsp3) is 0.438. The zero-order valence-corrected chi connectivity index (χ0v) is 14.3. The van der Waals surface area contributed by atoms with Gasteiger partial charge in [0, 0.05) is 38.7 Å². The van der Waals surface area contributed by atoms with E-state index in [1.807, 2.05) is 0 Å². The quantitative estimate of drug-likeness (QED) is 0.742. The summed E-state index contributed by atoms with van der Waals surface area (Å²) < 4.78 is 13.9. The number of urea groups is 1. The van der Waals surface area contributed by atoms with Crippen LogP contribution in [-0.4, -0.2) is 42.9 Å². The Morgan fingerprint density at radius 2 is 1.88 bits per heavy atom. The highest BCUT2D eigenvalue weighted by Gasteiger charge is 2.19. The van der Waals surface area contributed by atoms with Gasteiger partial charge in [-0.05, 0) is 25.1 Å². The SMILES string of the molecule is CCC(=O)Nc1ccc(F)c(NC(=O)N(C)C(C)CC(=O)NC)c1. The number of hydrogen-bond donors (Lipinski definition) is 3. The van der Waals surface area contributed by atoms with Crippen molar-refractivity contribution in [3.8, 4) is 0 Å². The van der Waals surface area contributed by atoms with Crippen LogP contribution in [0.1, 0.15) is 26.7 Å². The Hall–Kier alpha value is -2.64. The van der Waals surface area contributed by atoms with Crippen molar-refractivity contribution in [2.75, 3.05) is 24.7 Å². The summed E-state index contributed by atoms with van der Waals surface area (Å²) in [5.41, 5.74) is 0.340. The van der Waals surface area contributed by atoms with Crippen LogP contribution in [0.25, 0.3) is 0 Å². The molecule has 0 spiro atoms. The molecule has 3 N–H and O–H groups in total. The van der Waals surface area contributed by atoms with Gasteiger partial charge in [0.25, 0.3) is 0 Å². The van der Waals surface area contributed by atoms with Gasteiger partial charge in [-0.15, -0.1) is 0 Å². The van der Waals surface area contributed by atoms with E-state index in [0.29, 0.717) is 12.1 Å². The van der Waals surface area contributed by atoms with Gasteiger partial charge in [-0.2, -0.15) is 0 Å². The van der Waals surface area contributed by atoms with Crippen molar-refractivity contribution in [3.05, 3.63) is 24.0 Å². The molecule has 1 aromatic carbocycles. The van der Waals surface area contributed by atoms with Crippen LogP contribution < -0.4 is 16.0 Å². The van der Waals surface area contributed by atoms with E-state index in [2.05, 4.69) is 16.0 Å². The maximum absolute atomic E-state index is 13.9. The summed E-state index contributed by atoms with van der Waals surface area (Å²) in [6.45, 7) is 3.41. The Bertz CT molecular complexity index is 621. The Balaban J connectivity index is 2.80. The average Bonchev–Trinajstić information content (AvgIpc) is 2.56. The maximum atomic E-state index is 13.9. The number of hydrogen-bond acceptors (Lipinski definition) is 3. The molecule has 24 heavy (non-hydrogen) atoms. The van der Waals surface area contributed by atoms with E-state index >= 15 is 0 Å². The highest BCUT2D eigenvalue weighted by molar-refractivity contribution is 5.93. The van der Waals surface area contributed by atoms with E-state index in [9.17, 15) is 18.8 Å². The molecule has 1 atom stereocenters. The van der Waals surface area contributed by atoms with E-state index in [1.165, 1.54) is 31.1 Å². The van der Waals surface area contributed by atoms with E-state index < -0.39 is 11.8 Å². The number of nitrogens with one attached hydrogen (secondary N) is 3. The van der Waals surface area contributed by atoms with Gasteiger partial charge >= 0.3 is 6.03 Å². The van der Waals surface area contributed by atoms with E-state index in [1.54, 1.807) is 13.8 Å². The predicted molar refractivity (Wildman–Crippen MR) is 90.2 cm³/mol. The van der Waals surface area contributed by atoms with Crippen molar-refractivity contribution in [1.29, 1.82) is 0 Å². The Morgan fingerprint density at radius 3 is 2.46 bits per heavy atom. The van der Waals surface area contributed by atoms with Crippen molar-refractivity contribution in [2.24, 2.45) is 0 Å². The molecule has 0 aliphatic rings. The summed E-state index contributed by atoms with van der Waals surface area (Å²) >= 11 is 0. The van der Waals surface area contributed by atoms with Gasteiger partial charge in [-0.3, -0.25) is 9.59 Å². The average molecular weight is 338 g/mol. The van der Waals surface area contributed by atoms with Crippen molar-refractivity contribution < 1.29 is 18.8 Å². The molecule has 0 saturated heterocycles. The zero-order valence-electron chi connectivity index (χ0n) is 14.3. The molecule has 0 heterocycles. The van der Waals surface area contributed by atoms with E-state index in [4.69, 9.17) is 0 Å². The summed E-state index contributed by atoms with van der Waals surface area (Å²) in [6.07, 6.45) is 0.425. The third-order valence-corrected chi connectivity index (χ3v) is 3.55. The number of nitrogens with zero attached hydrogens (tertiary/aromatic N) is 1. The standard InChI is InChI=1S/C16H23FN4O3/c1-5-14(22)19-11-6-7-12(17)13(9-11)20-16(24)21(4)10(2)8-15(23)18-3/h6-7,9-10H,5,8H2,1-4H3,(H,18,23)(H,19,22)(H,20,24). The van der Waals surface area contributed by atoms with Crippen LogP contribution in [0.15, 0.2) is 18.2 Å². The van der Waals surface area contributed by atoms with Gasteiger partial charge in [0.05, 0.1) is 5.69 Å². The van der Waals surface area contributed by atoms with Crippen LogP contribution in [0.5, 0.6) is 0 Å². The molecule has 132 valence electrons. The minimum absolute atomic E-state index is 0.0482. The third kappa shape index (κ3) is 5.53. The van der Waals surface area contributed by atoms with Gasteiger partial charge in [0.15, 0.2) is 0 Å². The highest BCUT2D eigenvalue weighted by Crippen LogP contribution is 2.20. The highest BCUT2D eigenvalue weighted by atomic mass is 19.1.